The predicted octanol–water partition coefficient (Wildman–Crippen LogP) is 2.56. The lowest BCUT2D eigenvalue weighted by atomic mass is 10.3. The lowest BCUT2D eigenvalue weighted by Crippen LogP contribution is -1.99. The van der Waals surface area contributed by atoms with Crippen LogP contribution < -0.4 is 15.2 Å². The van der Waals surface area contributed by atoms with Gasteiger partial charge in [0.25, 0.3) is 0 Å². The molecule has 0 saturated heterocycles. The standard InChI is InChI=1S/C13H15N3O2/c1-3-17-12-8-13(16-9(2)15-12)18-11-6-4-10(14)5-7-11/h4-8H,3,14H2,1-2H3. The third kappa shape index (κ3) is 3.10. The van der Waals surface area contributed by atoms with E-state index in [2.05, 4.69) is 9.97 Å². The van der Waals surface area contributed by atoms with E-state index in [0.717, 1.165) is 0 Å². The molecule has 94 valence electrons. The summed E-state index contributed by atoms with van der Waals surface area (Å²) in [6.45, 7) is 4.24. The zero-order valence-corrected chi connectivity index (χ0v) is 10.4. The largest absolute Gasteiger partial charge is 0.478 e. The van der Waals surface area contributed by atoms with Crippen molar-refractivity contribution in [3.63, 3.8) is 0 Å². The Morgan fingerprint density at radius 2 is 1.78 bits per heavy atom. The van der Waals surface area contributed by atoms with E-state index in [1.165, 1.54) is 0 Å². The summed E-state index contributed by atoms with van der Waals surface area (Å²) in [5.74, 6) is 2.24. The van der Waals surface area contributed by atoms with Crippen LogP contribution in [0.25, 0.3) is 0 Å². The minimum absolute atomic E-state index is 0.454. The lowest BCUT2D eigenvalue weighted by molar-refractivity contribution is 0.321. The van der Waals surface area contributed by atoms with Crippen LogP contribution in [0.2, 0.25) is 0 Å². The first-order valence-corrected chi connectivity index (χ1v) is 5.69. The maximum atomic E-state index is 5.61. The van der Waals surface area contributed by atoms with E-state index >= 15 is 0 Å². The first-order valence-electron chi connectivity index (χ1n) is 5.69. The van der Waals surface area contributed by atoms with Gasteiger partial charge in [-0.3, -0.25) is 0 Å². The highest BCUT2D eigenvalue weighted by molar-refractivity contribution is 5.42. The number of nitrogen functional groups attached to an aromatic ring is 1. The molecule has 1 heterocycles. The summed E-state index contributed by atoms with van der Waals surface area (Å²) in [5.41, 5.74) is 6.30. The Balaban J connectivity index is 2.20. The van der Waals surface area contributed by atoms with E-state index in [1.807, 2.05) is 6.92 Å². The number of aromatic nitrogens is 2. The van der Waals surface area contributed by atoms with E-state index in [0.29, 0.717) is 35.6 Å². The van der Waals surface area contributed by atoms with Gasteiger partial charge in [-0.05, 0) is 38.1 Å². The van der Waals surface area contributed by atoms with Crippen LogP contribution in [0.4, 0.5) is 5.69 Å². The Labute approximate surface area is 106 Å². The van der Waals surface area contributed by atoms with Crippen LogP contribution in [-0.4, -0.2) is 16.6 Å². The second-order valence-electron chi connectivity index (χ2n) is 3.70. The number of rotatable bonds is 4. The quantitative estimate of drug-likeness (QED) is 0.838. The van der Waals surface area contributed by atoms with Crippen molar-refractivity contribution in [2.75, 3.05) is 12.3 Å². The maximum absolute atomic E-state index is 5.61. The molecule has 0 radical (unpaired) electrons. The third-order valence-corrected chi connectivity index (χ3v) is 2.19. The van der Waals surface area contributed by atoms with Crippen LogP contribution in [-0.2, 0) is 0 Å². The van der Waals surface area contributed by atoms with Crippen molar-refractivity contribution in [2.24, 2.45) is 0 Å². The minimum atomic E-state index is 0.454. The van der Waals surface area contributed by atoms with E-state index in [9.17, 15) is 0 Å². The highest BCUT2D eigenvalue weighted by Gasteiger charge is 2.04. The van der Waals surface area contributed by atoms with Crippen molar-refractivity contribution in [2.45, 2.75) is 13.8 Å². The molecule has 0 spiro atoms. The van der Waals surface area contributed by atoms with Crippen LogP contribution in [0.5, 0.6) is 17.5 Å². The third-order valence-electron chi connectivity index (χ3n) is 2.19. The molecule has 2 aromatic rings. The van der Waals surface area contributed by atoms with Gasteiger partial charge in [0.15, 0.2) is 0 Å². The average Bonchev–Trinajstić information content (AvgIpc) is 2.32. The summed E-state index contributed by atoms with van der Waals surface area (Å²) in [6.07, 6.45) is 0. The first kappa shape index (κ1) is 12.2. The smallest absolute Gasteiger partial charge is 0.226 e. The van der Waals surface area contributed by atoms with E-state index in [-0.39, 0.29) is 0 Å². The molecule has 1 aromatic carbocycles. The maximum Gasteiger partial charge on any atom is 0.226 e. The van der Waals surface area contributed by atoms with Crippen LogP contribution in [0.3, 0.4) is 0 Å². The monoisotopic (exact) mass is 245 g/mol. The van der Waals surface area contributed by atoms with Gasteiger partial charge >= 0.3 is 0 Å². The van der Waals surface area contributed by atoms with Crippen molar-refractivity contribution in [1.29, 1.82) is 0 Å². The molecule has 0 fully saturated rings. The summed E-state index contributed by atoms with van der Waals surface area (Å²) in [6, 6.07) is 8.77. The molecule has 0 atom stereocenters. The number of ether oxygens (including phenoxy) is 2. The van der Waals surface area contributed by atoms with Gasteiger partial charge in [0.2, 0.25) is 11.8 Å². The molecule has 2 N–H and O–H groups in total. The van der Waals surface area contributed by atoms with Gasteiger partial charge < -0.3 is 15.2 Å². The Bertz CT molecular complexity index is 526. The zero-order valence-electron chi connectivity index (χ0n) is 10.4. The SMILES string of the molecule is CCOc1cc(Oc2ccc(N)cc2)nc(C)n1. The van der Waals surface area contributed by atoms with Crippen molar-refractivity contribution < 1.29 is 9.47 Å². The van der Waals surface area contributed by atoms with E-state index in [4.69, 9.17) is 15.2 Å². The molecule has 0 amide bonds. The molecule has 2 rings (SSSR count). The average molecular weight is 245 g/mol. The molecule has 5 heteroatoms. The Morgan fingerprint density at radius 3 is 2.44 bits per heavy atom. The second kappa shape index (κ2) is 5.35. The molecule has 1 aromatic heterocycles. The summed E-state index contributed by atoms with van der Waals surface area (Å²) in [7, 11) is 0. The number of hydrogen-bond donors (Lipinski definition) is 1. The summed E-state index contributed by atoms with van der Waals surface area (Å²) in [5, 5.41) is 0. The van der Waals surface area contributed by atoms with Gasteiger partial charge in [-0.25, -0.2) is 0 Å². The predicted molar refractivity (Wildman–Crippen MR) is 68.9 cm³/mol. The Morgan fingerprint density at radius 1 is 1.11 bits per heavy atom. The van der Waals surface area contributed by atoms with Gasteiger partial charge in [-0.2, -0.15) is 9.97 Å². The normalized spacial score (nSPS) is 10.1. The van der Waals surface area contributed by atoms with Crippen molar-refractivity contribution in [1.82, 2.24) is 9.97 Å². The number of hydrogen-bond acceptors (Lipinski definition) is 5. The van der Waals surface area contributed by atoms with Gasteiger partial charge in [-0.1, -0.05) is 0 Å². The molecule has 0 unspecified atom stereocenters. The Kier molecular flexibility index (Phi) is 3.62. The molecule has 0 aliphatic carbocycles. The van der Waals surface area contributed by atoms with Crippen molar-refractivity contribution in [3.05, 3.63) is 36.2 Å². The highest BCUT2D eigenvalue weighted by atomic mass is 16.5. The molecule has 18 heavy (non-hydrogen) atoms. The number of benzene rings is 1. The summed E-state index contributed by atoms with van der Waals surface area (Å²) < 4.78 is 10.9. The van der Waals surface area contributed by atoms with Gasteiger partial charge in [0, 0.05) is 5.69 Å². The van der Waals surface area contributed by atoms with Crippen molar-refractivity contribution >= 4 is 5.69 Å². The fourth-order valence-electron chi connectivity index (χ4n) is 1.44. The lowest BCUT2D eigenvalue weighted by Gasteiger charge is -2.08. The second-order valence-corrected chi connectivity index (χ2v) is 3.70. The zero-order chi connectivity index (χ0) is 13.0. The Hall–Kier alpha value is -2.30. The van der Waals surface area contributed by atoms with Gasteiger partial charge in [0.1, 0.15) is 11.6 Å². The summed E-state index contributed by atoms with van der Waals surface area (Å²) in [4.78, 5) is 8.34. The van der Waals surface area contributed by atoms with Crippen LogP contribution in [0.15, 0.2) is 30.3 Å². The molecule has 0 bridgehead atoms. The molecule has 0 saturated carbocycles. The molecule has 0 aliphatic rings. The summed E-state index contributed by atoms with van der Waals surface area (Å²) >= 11 is 0. The number of aryl methyl sites for hydroxylation is 1. The molecule has 5 nitrogen and oxygen atoms in total. The van der Waals surface area contributed by atoms with E-state index in [1.54, 1.807) is 37.3 Å². The topological polar surface area (TPSA) is 70.3 Å². The van der Waals surface area contributed by atoms with Crippen LogP contribution in [0.1, 0.15) is 12.7 Å². The molecular formula is C13H15N3O2. The van der Waals surface area contributed by atoms with Crippen LogP contribution in [0, 0.1) is 6.92 Å². The number of nitrogens with two attached hydrogens (primary N) is 1. The molecular weight excluding hydrogens is 230 g/mol. The molecule has 0 aliphatic heterocycles. The fraction of sp³-hybridized carbons (Fsp3) is 0.231. The highest BCUT2D eigenvalue weighted by Crippen LogP contribution is 2.23. The minimum Gasteiger partial charge on any atom is -0.478 e. The van der Waals surface area contributed by atoms with Crippen LogP contribution >= 0.6 is 0 Å². The van der Waals surface area contributed by atoms with Gasteiger partial charge in [0.05, 0.1) is 12.7 Å². The first-order chi connectivity index (χ1) is 8.67. The number of anilines is 1. The fourth-order valence-corrected chi connectivity index (χ4v) is 1.44. The van der Waals surface area contributed by atoms with E-state index < -0.39 is 0 Å². The van der Waals surface area contributed by atoms with Gasteiger partial charge in [-0.15, -0.1) is 0 Å². The number of nitrogens with zero attached hydrogens (tertiary/aromatic N) is 2. The van der Waals surface area contributed by atoms with Crippen molar-refractivity contribution in [3.8, 4) is 17.5 Å².